The molecule has 4 rings (SSSR count). The lowest BCUT2D eigenvalue weighted by Crippen LogP contribution is -2.28. The SMILES string of the molecule is FC(F)c1cc([C@@H]2CN(C[C@@H]3CCOC3)C[C@H]2c2ccccc2)[nH]n1. The van der Waals surface area contributed by atoms with E-state index in [9.17, 15) is 8.78 Å². The summed E-state index contributed by atoms with van der Waals surface area (Å²) >= 11 is 0. The minimum Gasteiger partial charge on any atom is -0.381 e. The third kappa shape index (κ3) is 3.60. The van der Waals surface area contributed by atoms with Crippen LogP contribution in [0.1, 0.15) is 41.6 Å². The molecule has 1 N–H and O–H groups in total. The highest BCUT2D eigenvalue weighted by Crippen LogP contribution is 2.40. The highest BCUT2D eigenvalue weighted by molar-refractivity contribution is 5.29. The Kier molecular flexibility index (Phi) is 4.81. The van der Waals surface area contributed by atoms with Gasteiger partial charge in [0, 0.05) is 43.8 Å². The Labute approximate surface area is 146 Å². The lowest BCUT2D eigenvalue weighted by atomic mass is 9.87. The zero-order chi connectivity index (χ0) is 17.2. The fraction of sp³-hybridized carbons (Fsp3) is 0.526. The highest BCUT2D eigenvalue weighted by atomic mass is 19.3. The van der Waals surface area contributed by atoms with Crippen molar-refractivity contribution < 1.29 is 13.5 Å². The van der Waals surface area contributed by atoms with Crippen LogP contribution < -0.4 is 0 Å². The maximum absolute atomic E-state index is 12.9. The molecule has 3 atom stereocenters. The Morgan fingerprint density at radius 2 is 2.00 bits per heavy atom. The van der Waals surface area contributed by atoms with Gasteiger partial charge in [0.05, 0.1) is 6.61 Å². The highest BCUT2D eigenvalue weighted by Gasteiger charge is 2.37. The topological polar surface area (TPSA) is 41.1 Å². The van der Waals surface area contributed by atoms with Crippen molar-refractivity contribution in [3.8, 4) is 0 Å². The van der Waals surface area contributed by atoms with Gasteiger partial charge in [0.15, 0.2) is 0 Å². The molecule has 0 spiro atoms. The molecule has 2 aromatic rings. The Morgan fingerprint density at radius 1 is 1.20 bits per heavy atom. The Balaban J connectivity index is 1.56. The standard InChI is InChI=1S/C19H23F2N3O/c20-19(21)18-8-17(22-23-18)16-11-24(9-13-6-7-25-12-13)10-15(16)14-4-2-1-3-5-14/h1-5,8,13,15-16,19H,6-7,9-12H2,(H,22,23)/t13-,15-,16+/m0/s1. The van der Waals surface area contributed by atoms with Crippen molar-refractivity contribution in [3.05, 3.63) is 53.3 Å². The third-order valence-corrected chi connectivity index (χ3v) is 5.40. The quantitative estimate of drug-likeness (QED) is 0.899. The summed E-state index contributed by atoms with van der Waals surface area (Å²) in [6.45, 7) is 4.49. The first kappa shape index (κ1) is 16.7. The molecule has 0 amide bonds. The van der Waals surface area contributed by atoms with E-state index in [4.69, 9.17) is 4.74 Å². The fourth-order valence-electron chi connectivity index (χ4n) is 4.13. The van der Waals surface area contributed by atoms with E-state index in [0.717, 1.165) is 45.0 Å². The van der Waals surface area contributed by atoms with Gasteiger partial charge in [0.25, 0.3) is 6.43 Å². The summed E-state index contributed by atoms with van der Waals surface area (Å²) in [7, 11) is 0. The van der Waals surface area contributed by atoms with Gasteiger partial charge in [0.1, 0.15) is 5.69 Å². The van der Waals surface area contributed by atoms with Crippen molar-refractivity contribution in [2.45, 2.75) is 24.7 Å². The summed E-state index contributed by atoms with van der Waals surface area (Å²) in [5.41, 5.74) is 1.91. The predicted molar refractivity (Wildman–Crippen MR) is 90.8 cm³/mol. The number of hydrogen-bond acceptors (Lipinski definition) is 3. The molecule has 0 saturated carbocycles. The largest absolute Gasteiger partial charge is 0.381 e. The number of nitrogens with zero attached hydrogens (tertiary/aromatic N) is 2. The number of ether oxygens (including phenoxy) is 1. The molecule has 134 valence electrons. The number of hydrogen-bond donors (Lipinski definition) is 1. The van der Waals surface area contributed by atoms with E-state index in [1.165, 1.54) is 11.6 Å². The second-order valence-corrected chi connectivity index (χ2v) is 7.12. The van der Waals surface area contributed by atoms with Crippen molar-refractivity contribution in [2.24, 2.45) is 5.92 Å². The zero-order valence-corrected chi connectivity index (χ0v) is 14.1. The number of H-pyrrole nitrogens is 1. The lowest BCUT2D eigenvalue weighted by Gasteiger charge is -2.19. The predicted octanol–water partition coefficient (Wildman–Crippen LogP) is 3.57. The molecule has 0 radical (unpaired) electrons. The maximum atomic E-state index is 12.9. The lowest BCUT2D eigenvalue weighted by molar-refractivity contribution is 0.146. The first-order valence-electron chi connectivity index (χ1n) is 8.89. The minimum atomic E-state index is -2.53. The molecule has 2 fully saturated rings. The molecule has 6 heteroatoms. The van der Waals surface area contributed by atoms with Crippen molar-refractivity contribution in [3.63, 3.8) is 0 Å². The monoisotopic (exact) mass is 347 g/mol. The number of alkyl halides is 2. The number of rotatable bonds is 5. The molecule has 4 nitrogen and oxygen atoms in total. The second kappa shape index (κ2) is 7.22. The van der Waals surface area contributed by atoms with Crippen LogP contribution in [0.2, 0.25) is 0 Å². The van der Waals surface area contributed by atoms with Crippen LogP contribution in [0.25, 0.3) is 0 Å². The average Bonchev–Trinajstić information content (AvgIpc) is 3.36. The van der Waals surface area contributed by atoms with E-state index in [0.29, 0.717) is 5.92 Å². The normalized spacial score (nSPS) is 27.4. The van der Waals surface area contributed by atoms with Gasteiger partial charge in [-0.3, -0.25) is 5.10 Å². The van der Waals surface area contributed by atoms with Gasteiger partial charge in [-0.2, -0.15) is 5.10 Å². The minimum absolute atomic E-state index is 0.157. The molecule has 0 aliphatic carbocycles. The van der Waals surface area contributed by atoms with E-state index in [-0.39, 0.29) is 17.5 Å². The fourth-order valence-corrected chi connectivity index (χ4v) is 4.13. The van der Waals surface area contributed by atoms with Crippen molar-refractivity contribution in [2.75, 3.05) is 32.8 Å². The molecule has 2 aliphatic heterocycles. The average molecular weight is 347 g/mol. The van der Waals surface area contributed by atoms with Crippen LogP contribution in [-0.2, 0) is 4.74 Å². The molecule has 2 aliphatic rings. The summed E-state index contributed by atoms with van der Waals surface area (Å²) in [5, 5.41) is 6.66. The van der Waals surface area contributed by atoms with E-state index >= 15 is 0 Å². The number of aromatic amines is 1. The smallest absolute Gasteiger partial charge is 0.282 e. The van der Waals surface area contributed by atoms with Gasteiger partial charge in [-0.15, -0.1) is 0 Å². The summed E-state index contributed by atoms with van der Waals surface area (Å²) in [5.74, 6) is 1.02. The van der Waals surface area contributed by atoms with Crippen molar-refractivity contribution in [1.82, 2.24) is 15.1 Å². The molecule has 25 heavy (non-hydrogen) atoms. The van der Waals surface area contributed by atoms with Gasteiger partial charge >= 0.3 is 0 Å². The zero-order valence-electron chi connectivity index (χ0n) is 14.1. The number of benzene rings is 1. The van der Waals surface area contributed by atoms with Crippen LogP contribution in [0.3, 0.4) is 0 Å². The van der Waals surface area contributed by atoms with Gasteiger partial charge in [-0.25, -0.2) is 8.78 Å². The molecule has 1 aromatic carbocycles. The van der Waals surface area contributed by atoms with Gasteiger partial charge in [0.2, 0.25) is 0 Å². The Morgan fingerprint density at radius 3 is 2.68 bits per heavy atom. The first-order chi connectivity index (χ1) is 12.2. The van der Waals surface area contributed by atoms with E-state index in [2.05, 4.69) is 27.2 Å². The van der Waals surface area contributed by atoms with Crippen LogP contribution >= 0.6 is 0 Å². The number of halogens is 2. The van der Waals surface area contributed by atoms with Crippen LogP contribution in [0.4, 0.5) is 8.78 Å². The number of likely N-dealkylation sites (tertiary alicyclic amines) is 1. The van der Waals surface area contributed by atoms with Crippen molar-refractivity contribution in [1.29, 1.82) is 0 Å². The van der Waals surface area contributed by atoms with E-state index in [1.54, 1.807) is 0 Å². The summed E-state index contributed by atoms with van der Waals surface area (Å²) in [6, 6.07) is 11.9. The van der Waals surface area contributed by atoms with Gasteiger partial charge in [-0.1, -0.05) is 30.3 Å². The van der Waals surface area contributed by atoms with Gasteiger partial charge < -0.3 is 9.64 Å². The molecular weight excluding hydrogens is 324 g/mol. The number of aromatic nitrogens is 2. The van der Waals surface area contributed by atoms with Gasteiger partial charge in [-0.05, 0) is 24.0 Å². The van der Waals surface area contributed by atoms with Crippen molar-refractivity contribution >= 4 is 0 Å². The summed E-state index contributed by atoms with van der Waals surface area (Å²) < 4.78 is 31.3. The number of nitrogens with one attached hydrogen (secondary N) is 1. The molecule has 2 saturated heterocycles. The molecule has 0 bridgehead atoms. The summed E-state index contributed by atoms with van der Waals surface area (Å²) in [4.78, 5) is 2.45. The van der Waals surface area contributed by atoms with Crippen LogP contribution in [0.5, 0.6) is 0 Å². The van der Waals surface area contributed by atoms with Crippen LogP contribution in [0.15, 0.2) is 36.4 Å². The maximum Gasteiger partial charge on any atom is 0.282 e. The Hall–Kier alpha value is -1.79. The molecule has 3 heterocycles. The molecular formula is C19H23F2N3O. The second-order valence-electron chi connectivity index (χ2n) is 7.12. The van der Waals surface area contributed by atoms with Crippen LogP contribution in [-0.4, -0.2) is 47.9 Å². The van der Waals surface area contributed by atoms with E-state index in [1.807, 2.05) is 18.2 Å². The van der Waals surface area contributed by atoms with Crippen LogP contribution in [0, 0.1) is 5.92 Å². The Bertz CT molecular complexity index is 685. The third-order valence-electron chi connectivity index (χ3n) is 5.40. The summed E-state index contributed by atoms with van der Waals surface area (Å²) in [6.07, 6.45) is -1.43. The van der Waals surface area contributed by atoms with E-state index < -0.39 is 6.43 Å². The first-order valence-corrected chi connectivity index (χ1v) is 8.89. The molecule has 1 aromatic heterocycles. The molecule has 0 unspecified atom stereocenters.